The van der Waals surface area contributed by atoms with Crippen LogP contribution < -0.4 is 10.4 Å². The first kappa shape index (κ1) is 13.8. The quantitative estimate of drug-likeness (QED) is 0.672. The normalized spacial score (nSPS) is 11.3. The Hall–Kier alpha value is -2.19. The van der Waals surface area contributed by atoms with Gasteiger partial charge in [0.15, 0.2) is 0 Å². The van der Waals surface area contributed by atoms with E-state index >= 15 is 0 Å². The number of benzene rings is 2. The van der Waals surface area contributed by atoms with Crippen LogP contribution in [0.25, 0.3) is 11.3 Å². The summed E-state index contributed by atoms with van der Waals surface area (Å²) in [5, 5.41) is 2.90. The molecule has 0 aliphatic heterocycles. The first-order valence-corrected chi connectivity index (χ1v) is 10.3. The summed E-state index contributed by atoms with van der Waals surface area (Å²) >= 11 is 0. The molecule has 0 radical (unpaired) electrons. The molecule has 0 aliphatic carbocycles. The van der Waals surface area contributed by atoms with Crippen LogP contribution in [0.4, 0.5) is 0 Å². The third kappa shape index (κ3) is 2.81. The zero-order chi connectivity index (χ0) is 14.7. The molecule has 1 nitrogen and oxygen atoms in total. The maximum Gasteiger partial charge on any atom is 0.112 e. The van der Waals surface area contributed by atoms with E-state index in [9.17, 15) is 0 Å². The minimum Gasteiger partial charge on any atom is -0.256 e. The Bertz CT molecular complexity index is 721. The molecule has 0 saturated carbocycles. The first-order valence-electron chi connectivity index (χ1n) is 7.25. The van der Waals surface area contributed by atoms with E-state index in [1.807, 2.05) is 18.3 Å². The predicted molar refractivity (Wildman–Crippen MR) is 92.9 cm³/mol. The SMILES string of the molecule is C[Si](C)(c1ccccc1)c1cccc(-c2ccccn2)c1. The maximum atomic E-state index is 4.46. The second-order valence-electron chi connectivity index (χ2n) is 5.79. The minimum absolute atomic E-state index is 1.04. The lowest BCUT2D eigenvalue weighted by atomic mass is 10.1. The average molecular weight is 289 g/mol. The van der Waals surface area contributed by atoms with E-state index in [0.29, 0.717) is 0 Å². The highest BCUT2D eigenvalue weighted by Crippen LogP contribution is 2.16. The largest absolute Gasteiger partial charge is 0.256 e. The smallest absolute Gasteiger partial charge is 0.112 e. The molecular weight excluding hydrogens is 270 g/mol. The third-order valence-electron chi connectivity index (χ3n) is 4.04. The van der Waals surface area contributed by atoms with Crippen LogP contribution in [0.1, 0.15) is 0 Å². The Balaban J connectivity index is 2.04. The molecule has 1 heterocycles. The summed E-state index contributed by atoms with van der Waals surface area (Å²) in [5.74, 6) is 0. The van der Waals surface area contributed by atoms with E-state index in [-0.39, 0.29) is 0 Å². The number of hydrogen-bond acceptors (Lipinski definition) is 1. The van der Waals surface area contributed by atoms with Gasteiger partial charge in [0, 0.05) is 6.20 Å². The molecule has 0 unspecified atom stereocenters. The molecule has 0 bridgehead atoms. The molecular formula is C19H19NSi. The van der Waals surface area contributed by atoms with Gasteiger partial charge in [-0.2, -0.15) is 0 Å². The molecule has 0 aliphatic rings. The monoisotopic (exact) mass is 289 g/mol. The highest BCUT2D eigenvalue weighted by Gasteiger charge is 2.25. The second kappa shape index (κ2) is 5.66. The summed E-state index contributed by atoms with van der Waals surface area (Å²) < 4.78 is 0. The fourth-order valence-corrected chi connectivity index (χ4v) is 5.01. The molecule has 0 spiro atoms. The van der Waals surface area contributed by atoms with Crippen molar-refractivity contribution in [2.24, 2.45) is 0 Å². The number of hydrogen-bond donors (Lipinski definition) is 0. The minimum atomic E-state index is -1.65. The van der Waals surface area contributed by atoms with Gasteiger partial charge in [-0.25, -0.2) is 0 Å². The zero-order valence-corrected chi connectivity index (χ0v) is 13.5. The predicted octanol–water partition coefficient (Wildman–Crippen LogP) is 3.57. The molecule has 2 aromatic carbocycles. The number of aromatic nitrogens is 1. The van der Waals surface area contributed by atoms with Crippen molar-refractivity contribution in [2.45, 2.75) is 13.1 Å². The van der Waals surface area contributed by atoms with Crippen molar-refractivity contribution in [3.05, 3.63) is 79.0 Å². The van der Waals surface area contributed by atoms with Crippen LogP contribution in [-0.4, -0.2) is 13.1 Å². The molecule has 104 valence electrons. The van der Waals surface area contributed by atoms with Crippen molar-refractivity contribution >= 4 is 18.4 Å². The molecule has 0 N–H and O–H groups in total. The molecule has 21 heavy (non-hydrogen) atoms. The van der Waals surface area contributed by atoms with Crippen molar-refractivity contribution in [1.29, 1.82) is 0 Å². The van der Waals surface area contributed by atoms with Crippen molar-refractivity contribution < 1.29 is 0 Å². The van der Waals surface area contributed by atoms with E-state index < -0.39 is 8.07 Å². The standard InChI is InChI=1S/C19H19NSi/c1-21(2,17-10-4-3-5-11-17)18-12-8-9-16(15-18)19-13-6-7-14-20-19/h3-15H,1-2H3. The van der Waals surface area contributed by atoms with Crippen molar-refractivity contribution in [3.63, 3.8) is 0 Å². The van der Waals surface area contributed by atoms with Gasteiger partial charge in [0.2, 0.25) is 0 Å². The summed E-state index contributed by atoms with van der Waals surface area (Å²) in [4.78, 5) is 4.46. The van der Waals surface area contributed by atoms with Crippen molar-refractivity contribution in [2.75, 3.05) is 0 Å². The lowest BCUT2D eigenvalue weighted by Crippen LogP contribution is -2.52. The highest BCUT2D eigenvalue weighted by atomic mass is 28.3. The summed E-state index contributed by atoms with van der Waals surface area (Å²) in [5.41, 5.74) is 2.24. The van der Waals surface area contributed by atoms with Crippen LogP contribution in [-0.2, 0) is 0 Å². The van der Waals surface area contributed by atoms with Gasteiger partial charge in [-0.15, -0.1) is 0 Å². The Morgan fingerprint density at radius 1 is 0.714 bits per heavy atom. The molecule has 0 fully saturated rings. The number of nitrogens with zero attached hydrogens (tertiary/aromatic N) is 1. The van der Waals surface area contributed by atoms with E-state index in [4.69, 9.17) is 0 Å². The topological polar surface area (TPSA) is 12.9 Å². The van der Waals surface area contributed by atoms with Gasteiger partial charge in [0.25, 0.3) is 0 Å². The van der Waals surface area contributed by atoms with Gasteiger partial charge in [0.1, 0.15) is 8.07 Å². The fourth-order valence-electron chi connectivity index (χ4n) is 2.62. The van der Waals surface area contributed by atoms with Gasteiger partial charge in [0.05, 0.1) is 5.69 Å². The Morgan fingerprint density at radius 2 is 1.43 bits per heavy atom. The van der Waals surface area contributed by atoms with Gasteiger partial charge >= 0.3 is 0 Å². The number of rotatable bonds is 3. The van der Waals surface area contributed by atoms with Gasteiger partial charge in [-0.3, -0.25) is 4.98 Å². The Labute approximate surface area is 127 Å². The lowest BCUT2D eigenvalue weighted by molar-refractivity contribution is 1.33. The van der Waals surface area contributed by atoms with Crippen molar-refractivity contribution in [1.82, 2.24) is 4.98 Å². The Kier molecular flexibility index (Phi) is 3.71. The van der Waals surface area contributed by atoms with Gasteiger partial charge in [-0.05, 0) is 17.7 Å². The highest BCUT2D eigenvalue weighted by molar-refractivity contribution is 7.00. The van der Waals surface area contributed by atoms with Crippen LogP contribution in [0.15, 0.2) is 79.0 Å². The summed E-state index contributed by atoms with van der Waals surface area (Å²) in [6, 6.07) is 25.8. The fraction of sp³-hybridized carbons (Fsp3) is 0.105. The van der Waals surface area contributed by atoms with Crippen molar-refractivity contribution in [3.8, 4) is 11.3 Å². The van der Waals surface area contributed by atoms with Gasteiger partial charge in [-0.1, -0.05) is 84.1 Å². The number of pyridine rings is 1. The molecule has 1 aromatic heterocycles. The van der Waals surface area contributed by atoms with Crippen LogP contribution in [0.3, 0.4) is 0 Å². The Morgan fingerprint density at radius 3 is 2.14 bits per heavy atom. The average Bonchev–Trinajstić information content (AvgIpc) is 2.57. The van der Waals surface area contributed by atoms with Crippen LogP contribution in [0, 0.1) is 0 Å². The molecule has 3 rings (SSSR count). The van der Waals surface area contributed by atoms with Crippen LogP contribution in [0.2, 0.25) is 13.1 Å². The van der Waals surface area contributed by atoms with Crippen LogP contribution in [0.5, 0.6) is 0 Å². The van der Waals surface area contributed by atoms with E-state index in [1.54, 1.807) is 0 Å². The summed E-state index contributed by atoms with van der Waals surface area (Å²) in [6.07, 6.45) is 1.85. The van der Waals surface area contributed by atoms with E-state index in [2.05, 4.69) is 78.7 Å². The lowest BCUT2D eigenvalue weighted by Gasteiger charge is -2.24. The molecule has 0 amide bonds. The first-order chi connectivity index (χ1) is 10.2. The summed E-state index contributed by atoms with van der Waals surface area (Å²) in [7, 11) is -1.65. The van der Waals surface area contributed by atoms with Gasteiger partial charge < -0.3 is 0 Å². The van der Waals surface area contributed by atoms with E-state index in [0.717, 1.165) is 5.69 Å². The molecule has 2 heteroatoms. The molecule has 0 saturated heterocycles. The zero-order valence-electron chi connectivity index (χ0n) is 12.5. The maximum absolute atomic E-state index is 4.46. The summed E-state index contributed by atoms with van der Waals surface area (Å²) in [6.45, 7) is 4.81. The van der Waals surface area contributed by atoms with E-state index in [1.165, 1.54) is 15.9 Å². The molecule has 3 aromatic rings. The second-order valence-corrected chi connectivity index (χ2v) is 10.2. The van der Waals surface area contributed by atoms with Crippen LogP contribution >= 0.6 is 0 Å². The third-order valence-corrected chi connectivity index (χ3v) is 7.57. The molecule has 0 atom stereocenters.